The van der Waals surface area contributed by atoms with Gasteiger partial charge in [0.1, 0.15) is 0 Å². The van der Waals surface area contributed by atoms with Crippen LogP contribution in [0.1, 0.15) is 24.1 Å². The maximum atomic E-state index is 13.6. The Morgan fingerprint density at radius 2 is 1.89 bits per heavy atom. The quantitative estimate of drug-likeness (QED) is 0.775. The molecule has 1 unspecified atom stereocenters. The molecule has 1 amide bonds. The zero-order valence-corrected chi connectivity index (χ0v) is 15.8. The summed E-state index contributed by atoms with van der Waals surface area (Å²) in [6.45, 7) is 3.31. The zero-order chi connectivity index (χ0) is 19.8. The Balaban J connectivity index is 2.10. The van der Waals surface area contributed by atoms with E-state index in [-0.39, 0.29) is 22.2 Å². The topological polar surface area (TPSA) is 44.8 Å². The first-order valence-corrected chi connectivity index (χ1v) is 8.90. The molecule has 5 nitrogen and oxygen atoms in total. The molecular weight excluding hydrogens is 379 g/mol. The lowest BCUT2D eigenvalue weighted by Crippen LogP contribution is -2.50. The smallest absolute Gasteiger partial charge is 0.378 e. The molecule has 2 heterocycles. The molecule has 1 fully saturated rings. The lowest BCUT2D eigenvalue weighted by Gasteiger charge is -2.39. The number of nitrogens with zero attached hydrogens (tertiary/aromatic N) is 2. The molecule has 27 heavy (non-hydrogen) atoms. The highest BCUT2D eigenvalue weighted by atomic mass is 32.1. The van der Waals surface area contributed by atoms with Crippen molar-refractivity contribution in [2.45, 2.75) is 19.1 Å². The molecule has 2 aliphatic rings. The van der Waals surface area contributed by atoms with Crippen molar-refractivity contribution < 1.29 is 22.7 Å². The maximum absolute atomic E-state index is 13.6. The van der Waals surface area contributed by atoms with E-state index >= 15 is 0 Å². The Hall–Kier alpha value is -2.13. The van der Waals surface area contributed by atoms with E-state index in [0.717, 1.165) is 6.07 Å². The highest BCUT2D eigenvalue weighted by Crippen LogP contribution is 2.39. The SMILES string of the molecule is CC1=C(C(=O)N2CCOCC2)C(c2ccccc2C(F)(F)F)NC(=S)N1C. The van der Waals surface area contributed by atoms with E-state index in [1.807, 2.05) is 0 Å². The number of carbonyl (C=O) groups excluding carboxylic acids is 1. The third kappa shape index (κ3) is 3.79. The number of benzene rings is 1. The second kappa shape index (κ2) is 7.47. The van der Waals surface area contributed by atoms with Gasteiger partial charge in [-0.2, -0.15) is 13.2 Å². The summed E-state index contributed by atoms with van der Waals surface area (Å²) in [5.74, 6) is -0.306. The van der Waals surface area contributed by atoms with Gasteiger partial charge in [0.05, 0.1) is 30.4 Å². The molecular formula is C18H20F3N3O2S. The Labute approximate surface area is 160 Å². The fourth-order valence-corrected chi connectivity index (χ4v) is 3.54. The Morgan fingerprint density at radius 3 is 2.52 bits per heavy atom. The Kier molecular flexibility index (Phi) is 5.43. The molecule has 9 heteroatoms. The number of thiocarbonyl (C=S) groups is 1. The molecule has 0 saturated carbocycles. The van der Waals surface area contributed by atoms with Crippen molar-refractivity contribution in [2.75, 3.05) is 33.4 Å². The highest BCUT2D eigenvalue weighted by molar-refractivity contribution is 7.80. The van der Waals surface area contributed by atoms with Gasteiger partial charge in [-0.15, -0.1) is 0 Å². The predicted molar refractivity (Wildman–Crippen MR) is 97.8 cm³/mol. The van der Waals surface area contributed by atoms with Crippen molar-refractivity contribution in [1.82, 2.24) is 15.1 Å². The van der Waals surface area contributed by atoms with Crippen LogP contribution in [0.4, 0.5) is 13.2 Å². The summed E-state index contributed by atoms with van der Waals surface area (Å²) in [5, 5.41) is 3.19. The van der Waals surface area contributed by atoms with Crippen LogP contribution < -0.4 is 5.32 Å². The summed E-state index contributed by atoms with van der Waals surface area (Å²) in [4.78, 5) is 16.4. The molecule has 0 aliphatic carbocycles. The van der Waals surface area contributed by atoms with E-state index < -0.39 is 17.8 Å². The third-order valence-electron chi connectivity index (χ3n) is 4.86. The highest BCUT2D eigenvalue weighted by Gasteiger charge is 2.40. The number of nitrogens with one attached hydrogen (secondary N) is 1. The van der Waals surface area contributed by atoms with Gasteiger partial charge in [0.15, 0.2) is 5.11 Å². The second-order valence-electron chi connectivity index (χ2n) is 6.43. The molecule has 0 radical (unpaired) electrons. The van der Waals surface area contributed by atoms with Gasteiger partial charge >= 0.3 is 6.18 Å². The van der Waals surface area contributed by atoms with Crippen LogP contribution in [0.15, 0.2) is 35.5 Å². The maximum Gasteiger partial charge on any atom is 0.416 e. The van der Waals surface area contributed by atoms with Gasteiger partial charge in [-0.05, 0) is 30.8 Å². The van der Waals surface area contributed by atoms with Crippen LogP contribution in [-0.4, -0.2) is 54.2 Å². The van der Waals surface area contributed by atoms with Crippen LogP contribution in [0.3, 0.4) is 0 Å². The van der Waals surface area contributed by atoms with Crippen LogP contribution in [0.5, 0.6) is 0 Å². The first-order chi connectivity index (χ1) is 12.7. The number of rotatable bonds is 2. The third-order valence-corrected chi connectivity index (χ3v) is 5.25. The van der Waals surface area contributed by atoms with Crippen molar-refractivity contribution >= 4 is 23.2 Å². The van der Waals surface area contributed by atoms with Crippen molar-refractivity contribution in [3.05, 3.63) is 46.7 Å². The van der Waals surface area contributed by atoms with Crippen molar-refractivity contribution in [2.24, 2.45) is 0 Å². The van der Waals surface area contributed by atoms with E-state index in [1.54, 1.807) is 23.8 Å². The monoisotopic (exact) mass is 399 g/mol. The lowest BCUT2D eigenvalue weighted by molar-refractivity contribution is -0.139. The number of hydrogen-bond acceptors (Lipinski definition) is 3. The van der Waals surface area contributed by atoms with E-state index in [9.17, 15) is 18.0 Å². The number of hydrogen-bond donors (Lipinski definition) is 1. The fourth-order valence-electron chi connectivity index (χ4n) is 3.29. The van der Waals surface area contributed by atoms with E-state index in [2.05, 4.69) is 5.32 Å². The fraction of sp³-hybridized carbons (Fsp3) is 0.444. The minimum Gasteiger partial charge on any atom is -0.378 e. The van der Waals surface area contributed by atoms with Gasteiger partial charge in [0.2, 0.25) is 0 Å². The number of ether oxygens (including phenoxy) is 1. The Bertz CT molecular complexity index is 788. The standard InChI is InChI=1S/C18H20F3N3O2S/c1-11-14(16(25)24-7-9-26-10-8-24)15(22-17(27)23(11)2)12-5-3-4-6-13(12)18(19,20)21/h3-6,15H,7-10H2,1-2H3,(H,22,27). The summed E-state index contributed by atoms with van der Waals surface area (Å²) >= 11 is 5.27. The van der Waals surface area contributed by atoms with Crippen molar-refractivity contribution in [3.8, 4) is 0 Å². The summed E-state index contributed by atoms with van der Waals surface area (Å²) in [6, 6.07) is 4.29. The molecule has 3 rings (SSSR count). The van der Waals surface area contributed by atoms with Crippen LogP contribution in [0.2, 0.25) is 0 Å². The first-order valence-electron chi connectivity index (χ1n) is 8.50. The molecule has 2 aliphatic heterocycles. The Morgan fingerprint density at radius 1 is 1.26 bits per heavy atom. The van der Waals surface area contributed by atoms with Gasteiger partial charge in [-0.3, -0.25) is 4.79 Å². The van der Waals surface area contributed by atoms with E-state index in [4.69, 9.17) is 17.0 Å². The van der Waals surface area contributed by atoms with Gasteiger partial charge < -0.3 is 19.9 Å². The van der Waals surface area contributed by atoms with Crippen LogP contribution >= 0.6 is 12.2 Å². The molecule has 0 aromatic heterocycles. The first kappa shape index (κ1) is 19.6. The number of allylic oxidation sites excluding steroid dienone is 1. The van der Waals surface area contributed by atoms with E-state index in [0.29, 0.717) is 32.0 Å². The number of amides is 1. The minimum absolute atomic E-state index is 0.0172. The molecule has 1 atom stereocenters. The van der Waals surface area contributed by atoms with Gasteiger partial charge in [0.25, 0.3) is 5.91 Å². The van der Waals surface area contributed by atoms with E-state index in [1.165, 1.54) is 18.2 Å². The van der Waals surface area contributed by atoms with Gasteiger partial charge in [-0.1, -0.05) is 18.2 Å². The summed E-state index contributed by atoms with van der Waals surface area (Å²) in [6.07, 6.45) is -4.54. The normalized spacial score (nSPS) is 21.4. The van der Waals surface area contributed by atoms with Crippen molar-refractivity contribution in [3.63, 3.8) is 0 Å². The molecule has 0 bridgehead atoms. The van der Waals surface area contributed by atoms with Crippen molar-refractivity contribution in [1.29, 1.82) is 0 Å². The largest absolute Gasteiger partial charge is 0.416 e. The molecule has 1 saturated heterocycles. The molecule has 1 aromatic carbocycles. The average Bonchev–Trinajstić information content (AvgIpc) is 2.65. The van der Waals surface area contributed by atoms with Gasteiger partial charge in [-0.25, -0.2) is 0 Å². The lowest BCUT2D eigenvalue weighted by atomic mass is 9.90. The second-order valence-corrected chi connectivity index (χ2v) is 6.82. The number of carbonyl (C=O) groups is 1. The molecule has 146 valence electrons. The molecule has 0 spiro atoms. The van der Waals surface area contributed by atoms with Crippen LogP contribution in [-0.2, 0) is 15.7 Å². The van der Waals surface area contributed by atoms with Crippen LogP contribution in [0, 0.1) is 0 Å². The number of halogens is 3. The molecule has 1 aromatic rings. The predicted octanol–water partition coefficient (Wildman–Crippen LogP) is 2.70. The van der Waals surface area contributed by atoms with Crippen LogP contribution in [0.25, 0.3) is 0 Å². The number of morpholine rings is 1. The summed E-state index contributed by atoms with van der Waals surface area (Å²) in [7, 11) is 1.68. The zero-order valence-electron chi connectivity index (χ0n) is 15.0. The summed E-state index contributed by atoms with van der Waals surface area (Å²) < 4.78 is 45.9. The summed E-state index contributed by atoms with van der Waals surface area (Å²) in [5.41, 5.74) is 0.00765. The molecule has 1 N–H and O–H groups in total. The van der Waals surface area contributed by atoms with Gasteiger partial charge in [0, 0.05) is 25.8 Å². The minimum atomic E-state index is -4.54. The number of alkyl halides is 3. The average molecular weight is 399 g/mol.